The Balaban J connectivity index is 1.90. The second-order valence-corrected chi connectivity index (χ2v) is 6.11. The number of nitrogens with zero attached hydrogens (tertiary/aromatic N) is 2. The zero-order valence-corrected chi connectivity index (χ0v) is 12.8. The lowest BCUT2D eigenvalue weighted by Gasteiger charge is -2.06. The van der Waals surface area contributed by atoms with Crippen LogP contribution in [0.5, 0.6) is 0 Å². The van der Waals surface area contributed by atoms with E-state index in [0.29, 0.717) is 33.7 Å². The summed E-state index contributed by atoms with van der Waals surface area (Å²) < 4.78 is 5.30. The molecule has 4 nitrogen and oxygen atoms in total. The van der Waals surface area contributed by atoms with Crippen LogP contribution in [0, 0.1) is 0 Å². The van der Waals surface area contributed by atoms with E-state index in [2.05, 4.69) is 10.1 Å². The van der Waals surface area contributed by atoms with Crippen molar-refractivity contribution >= 4 is 29.0 Å². The highest BCUT2D eigenvalue weighted by atomic mass is 35.5. The molecule has 0 saturated heterocycles. The van der Waals surface area contributed by atoms with Crippen LogP contribution < -0.4 is 0 Å². The summed E-state index contributed by atoms with van der Waals surface area (Å²) in [7, 11) is 0. The molecule has 1 aromatic carbocycles. The third-order valence-corrected chi connectivity index (χ3v) is 4.10. The fraction of sp³-hybridized carbons (Fsp3) is 0.400. The van der Waals surface area contributed by atoms with Crippen LogP contribution in [0.15, 0.2) is 22.7 Å². The normalized spacial score (nSPS) is 19.5. The van der Waals surface area contributed by atoms with Crippen LogP contribution in [0.4, 0.5) is 0 Å². The number of aromatic nitrogens is 2. The highest BCUT2D eigenvalue weighted by Crippen LogP contribution is 2.30. The van der Waals surface area contributed by atoms with E-state index >= 15 is 0 Å². The number of hydrogen-bond acceptors (Lipinski definition) is 4. The van der Waals surface area contributed by atoms with Gasteiger partial charge in [0, 0.05) is 22.0 Å². The van der Waals surface area contributed by atoms with E-state index < -0.39 is 0 Å². The van der Waals surface area contributed by atoms with Crippen molar-refractivity contribution in [2.24, 2.45) is 0 Å². The molecule has 1 saturated carbocycles. The summed E-state index contributed by atoms with van der Waals surface area (Å²) in [6, 6.07) is 5.08. The van der Waals surface area contributed by atoms with E-state index in [-0.39, 0.29) is 11.7 Å². The molecule has 0 amide bonds. The lowest BCUT2D eigenvalue weighted by Crippen LogP contribution is -2.10. The lowest BCUT2D eigenvalue weighted by atomic mass is 9.99. The Morgan fingerprint density at radius 3 is 2.62 bits per heavy atom. The van der Waals surface area contributed by atoms with Crippen molar-refractivity contribution in [3.63, 3.8) is 0 Å². The molecule has 1 heterocycles. The summed E-state index contributed by atoms with van der Waals surface area (Å²) in [4.78, 5) is 16.5. The Morgan fingerprint density at radius 1 is 1.10 bits per heavy atom. The van der Waals surface area contributed by atoms with Gasteiger partial charge in [-0.3, -0.25) is 4.79 Å². The first-order chi connectivity index (χ1) is 10.1. The average molecular weight is 325 g/mol. The van der Waals surface area contributed by atoms with Gasteiger partial charge in [0.05, 0.1) is 5.92 Å². The van der Waals surface area contributed by atoms with Crippen LogP contribution >= 0.6 is 23.2 Å². The quantitative estimate of drug-likeness (QED) is 0.754. The van der Waals surface area contributed by atoms with Gasteiger partial charge in [-0.1, -0.05) is 41.2 Å². The number of halogens is 2. The number of carbonyl (C=O) groups is 1. The maximum atomic E-state index is 12.1. The van der Waals surface area contributed by atoms with Gasteiger partial charge in [-0.2, -0.15) is 4.98 Å². The highest BCUT2D eigenvalue weighted by Gasteiger charge is 2.28. The summed E-state index contributed by atoms with van der Waals surface area (Å²) in [5.74, 6) is 0.717. The van der Waals surface area contributed by atoms with Crippen molar-refractivity contribution in [3.05, 3.63) is 34.1 Å². The third-order valence-electron chi connectivity index (χ3n) is 3.67. The van der Waals surface area contributed by atoms with Gasteiger partial charge < -0.3 is 4.52 Å². The average Bonchev–Trinajstić information content (AvgIpc) is 2.81. The first kappa shape index (κ1) is 14.5. The van der Waals surface area contributed by atoms with Gasteiger partial charge in [0.1, 0.15) is 5.78 Å². The molecule has 1 aliphatic carbocycles. The van der Waals surface area contributed by atoms with E-state index in [1.54, 1.807) is 18.2 Å². The summed E-state index contributed by atoms with van der Waals surface area (Å²) in [5, 5.41) is 4.97. The monoisotopic (exact) mass is 324 g/mol. The Morgan fingerprint density at radius 2 is 1.86 bits per heavy atom. The van der Waals surface area contributed by atoms with Crippen LogP contribution in [-0.4, -0.2) is 15.9 Å². The smallest absolute Gasteiger partial charge is 0.237 e. The zero-order valence-electron chi connectivity index (χ0n) is 11.3. The van der Waals surface area contributed by atoms with Gasteiger partial charge in [-0.15, -0.1) is 0 Å². The number of ketones is 1. The van der Waals surface area contributed by atoms with Crippen LogP contribution in [0.3, 0.4) is 0 Å². The number of Topliss-reactive ketones (excluding diaryl/α,β-unsaturated/α-hetero) is 1. The van der Waals surface area contributed by atoms with Crippen LogP contribution in [0.1, 0.15) is 43.9 Å². The Bertz CT molecular complexity index is 649. The largest absolute Gasteiger partial charge is 0.338 e. The second-order valence-electron chi connectivity index (χ2n) is 5.23. The molecule has 1 fully saturated rings. The molecule has 2 aromatic rings. The lowest BCUT2D eigenvalue weighted by molar-refractivity contribution is -0.120. The molecule has 0 N–H and O–H groups in total. The fourth-order valence-corrected chi connectivity index (χ4v) is 3.12. The van der Waals surface area contributed by atoms with Crippen molar-refractivity contribution in [3.8, 4) is 11.4 Å². The zero-order chi connectivity index (χ0) is 14.8. The molecular weight excluding hydrogens is 311 g/mol. The maximum absolute atomic E-state index is 12.1. The maximum Gasteiger partial charge on any atom is 0.237 e. The van der Waals surface area contributed by atoms with E-state index in [9.17, 15) is 4.79 Å². The van der Waals surface area contributed by atoms with Gasteiger partial charge in [0.25, 0.3) is 0 Å². The van der Waals surface area contributed by atoms with Crippen molar-refractivity contribution in [2.45, 2.75) is 38.0 Å². The minimum Gasteiger partial charge on any atom is -0.338 e. The topological polar surface area (TPSA) is 56.0 Å². The molecular formula is C15H14Cl2N2O2. The molecule has 1 unspecified atom stereocenters. The molecule has 1 atom stereocenters. The third kappa shape index (κ3) is 3.27. The summed E-state index contributed by atoms with van der Waals surface area (Å²) in [6.45, 7) is 0. The number of benzene rings is 1. The van der Waals surface area contributed by atoms with Crippen LogP contribution in [0.25, 0.3) is 11.4 Å². The molecule has 1 aromatic heterocycles. The van der Waals surface area contributed by atoms with E-state index in [1.807, 2.05) is 0 Å². The van der Waals surface area contributed by atoms with Gasteiger partial charge in [-0.25, -0.2) is 0 Å². The summed E-state index contributed by atoms with van der Waals surface area (Å²) >= 11 is 12.0. The first-order valence-corrected chi connectivity index (χ1v) is 7.72. The molecule has 0 aliphatic heterocycles. The van der Waals surface area contributed by atoms with E-state index in [0.717, 1.165) is 25.7 Å². The number of hydrogen-bond donors (Lipinski definition) is 0. The fourth-order valence-electron chi connectivity index (χ4n) is 2.60. The van der Waals surface area contributed by atoms with Gasteiger partial charge in [0.2, 0.25) is 11.7 Å². The predicted molar refractivity (Wildman–Crippen MR) is 80.6 cm³/mol. The summed E-state index contributed by atoms with van der Waals surface area (Å²) in [6.07, 6.45) is 4.40. The Kier molecular flexibility index (Phi) is 4.27. The summed E-state index contributed by atoms with van der Waals surface area (Å²) in [5.41, 5.74) is 0.684. The van der Waals surface area contributed by atoms with Crippen LogP contribution in [-0.2, 0) is 4.79 Å². The number of rotatable bonds is 2. The molecule has 0 spiro atoms. The Labute approximate surface area is 132 Å². The molecule has 0 bridgehead atoms. The molecule has 0 radical (unpaired) electrons. The second kappa shape index (κ2) is 6.16. The Hall–Kier alpha value is -1.39. The SMILES string of the molecule is O=C1CCCCCC1c1nc(-c2cc(Cl)cc(Cl)c2)no1. The number of carbonyl (C=O) groups excluding carboxylic acids is 1. The standard InChI is InChI=1S/C15H14Cl2N2O2/c16-10-6-9(7-11(17)8-10)14-18-15(21-19-14)12-4-2-1-3-5-13(12)20/h6-8,12H,1-5H2. The molecule has 110 valence electrons. The van der Waals surface area contributed by atoms with Crippen molar-refractivity contribution in [2.75, 3.05) is 0 Å². The minimum absolute atomic E-state index is 0.187. The van der Waals surface area contributed by atoms with Gasteiger partial charge in [0.15, 0.2) is 0 Å². The highest BCUT2D eigenvalue weighted by molar-refractivity contribution is 6.35. The van der Waals surface area contributed by atoms with Gasteiger partial charge >= 0.3 is 0 Å². The minimum atomic E-state index is -0.275. The van der Waals surface area contributed by atoms with Crippen molar-refractivity contribution in [1.82, 2.24) is 10.1 Å². The van der Waals surface area contributed by atoms with Crippen molar-refractivity contribution in [1.29, 1.82) is 0 Å². The van der Waals surface area contributed by atoms with Gasteiger partial charge in [-0.05, 0) is 31.0 Å². The molecule has 21 heavy (non-hydrogen) atoms. The van der Waals surface area contributed by atoms with Crippen molar-refractivity contribution < 1.29 is 9.32 Å². The predicted octanol–water partition coefficient (Wildman–Crippen LogP) is 4.66. The molecule has 1 aliphatic rings. The first-order valence-electron chi connectivity index (χ1n) is 6.96. The van der Waals surface area contributed by atoms with Crippen LogP contribution in [0.2, 0.25) is 10.0 Å². The molecule has 3 rings (SSSR count). The molecule has 6 heteroatoms. The van der Waals surface area contributed by atoms with E-state index in [4.69, 9.17) is 27.7 Å². The van der Waals surface area contributed by atoms with E-state index in [1.165, 1.54) is 0 Å².